The number of benzene rings is 2. The van der Waals surface area contributed by atoms with Crippen molar-refractivity contribution in [2.45, 2.75) is 12.8 Å². The zero-order chi connectivity index (χ0) is 11.4. The fourth-order valence-electron chi connectivity index (χ4n) is 2.97. The van der Waals surface area contributed by atoms with Crippen LogP contribution in [-0.4, -0.2) is 4.98 Å². The van der Waals surface area contributed by atoms with Gasteiger partial charge in [0.1, 0.15) is 0 Å². The Morgan fingerprint density at radius 3 is 3.00 bits per heavy atom. The molecule has 4 rings (SSSR count). The summed E-state index contributed by atoms with van der Waals surface area (Å²) in [5, 5.41) is 3.82. The molecule has 2 heteroatoms. The number of rotatable bonds is 0. The third kappa shape index (κ3) is 1.07. The van der Waals surface area contributed by atoms with Gasteiger partial charge >= 0.3 is 0 Å². The molecule has 2 aromatic carbocycles. The molecule has 0 unspecified atom stereocenters. The van der Waals surface area contributed by atoms with Crippen molar-refractivity contribution in [2.75, 3.05) is 5.73 Å². The van der Waals surface area contributed by atoms with Crippen molar-refractivity contribution in [2.24, 2.45) is 0 Å². The Morgan fingerprint density at radius 2 is 2.06 bits per heavy atom. The Balaban J connectivity index is 2.33. The van der Waals surface area contributed by atoms with E-state index in [2.05, 4.69) is 23.2 Å². The average Bonchev–Trinajstić information content (AvgIpc) is 2.78. The molecule has 0 spiro atoms. The van der Waals surface area contributed by atoms with Gasteiger partial charge in [0, 0.05) is 22.7 Å². The highest BCUT2D eigenvalue weighted by Crippen LogP contribution is 2.37. The quantitative estimate of drug-likeness (QED) is 0.467. The van der Waals surface area contributed by atoms with Crippen LogP contribution in [0.5, 0.6) is 0 Å². The second-order valence-corrected chi connectivity index (χ2v) is 4.67. The summed E-state index contributed by atoms with van der Waals surface area (Å²) in [6.45, 7) is 0. The van der Waals surface area contributed by atoms with E-state index < -0.39 is 0 Å². The van der Waals surface area contributed by atoms with Gasteiger partial charge in [-0.3, -0.25) is 4.98 Å². The first-order valence-corrected chi connectivity index (χ1v) is 5.92. The van der Waals surface area contributed by atoms with Crippen molar-refractivity contribution in [1.29, 1.82) is 0 Å². The van der Waals surface area contributed by atoms with Gasteiger partial charge in [0.15, 0.2) is 0 Å². The number of aromatic nitrogens is 1. The number of fused-ring (bicyclic) bond motifs is 2. The van der Waals surface area contributed by atoms with Crippen LogP contribution in [0.4, 0.5) is 5.69 Å². The van der Waals surface area contributed by atoms with Crippen LogP contribution in [-0.2, 0) is 12.8 Å². The predicted octanol–water partition coefficient (Wildman–Crippen LogP) is 3.07. The summed E-state index contributed by atoms with van der Waals surface area (Å²) in [4.78, 5) is 4.51. The smallest absolute Gasteiger partial charge is 0.0780 e. The maximum atomic E-state index is 6.05. The fourth-order valence-corrected chi connectivity index (χ4v) is 2.97. The molecule has 2 nitrogen and oxygen atoms in total. The lowest BCUT2D eigenvalue weighted by Gasteiger charge is -2.07. The predicted molar refractivity (Wildman–Crippen MR) is 71.1 cm³/mol. The number of nitrogens with two attached hydrogens (primary N) is 1. The summed E-state index contributed by atoms with van der Waals surface area (Å²) in [5.74, 6) is 0. The van der Waals surface area contributed by atoms with Gasteiger partial charge in [0.25, 0.3) is 0 Å². The first kappa shape index (κ1) is 8.99. The molecular formula is C15H12N2. The number of anilines is 1. The van der Waals surface area contributed by atoms with Gasteiger partial charge in [0.2, 0.25) is 0 Å². The molecule has 1 aliphatic carbocycles. The monoisotopic (exact) mass is 220 g/mol. The highest BCUT2D eigenvalue weighted by Gasteiger charge is 2.18. The minimum absolute atomic E-state index is 0.923. The normalized spacial score (nSPS) is 13.6. The summed E-state index contributed by atoms with van der Waals surface area (Å²) in [7, 11) is 0. The van der Waals surface area contributed by atoms with Crippen LogP contribution in [0.2, 0.25) is 0 Å². The molecule has 0 radical (unpaired) electrons. The average molecular weight is 220 g/mol. The Kier molecular flexibility index (Phi) is 1.57. The van der Waals surface area contributed by atoms with Crippen LogP contribution >= 0.6 is 0 Å². The Hall–Kier alpha value is -2.09. The molecule has 0 fully saturated rings. The number of nitrogens with zero attached hydrogens (tertiary/aromatic N) is 1. The molecule has 2 N–H and O–H groups in total. The summed E-state index contributed by atoms with van der Waals surface area (Å²) in [6, 6.07) is 10.5. The van der Waals surface area contributed by atoms with Crippen molar-refractivity contribution in [1.82, 2.24) is 4.98 Å². The van der Waals surface area contributed by atoms with Crippen LogP contribution in [0.15, 0.2) is 36.5 Å². The van der Waals surface area contributed by atoms with E-state index in [0.29, 0.717) is 0 Å². The topological polar surface area (TPSA) is 38.9 Å². The summed E-state index contributed by atoms with van der Waals surface area (Å²) >= 11 is 0. The number of nitrogen functional groups attached to an aromatic ring is 1. The second kappa shape index (κ2) is 2.98. The van der Waals surface area contributed by atoms with E-state index in [0.717, 1.165) is 24.0 Å². The van der Waals surface area contributed by atoms with Crippen molar-refractivity contribution >= 4 is 27.4 Å². The molecule has 0 amide bonds. The molecule has 0 atom stereocenters. The SMILES string of the molecule is Nc1ccc2c3c(cc4cccnc42)CCc13. The van der Waals surface area contributed by atoms with Gasteiger partial charge in [-0.2, -0.15) is 0 Å². The number of hydrogen-bond donors (Lipinski definition) is 1. The molecule has 0 aliphatic heterocycles. The molecule has 0 saturated carbocycles. The maximum absolute atomic E-state index is 6.05. The molecule has 17 heavy (non-hydrogen) atoms. The minimum atomic E-state index is 0.923. The molecular weight excluding hydrogens is 208 g/mol. The van der Waals surface area contributed by atoms with E-state index in [1.54, 1.807) is 0 Å². The lowest BCUT2D eigenvalue weighted by atomic mass is 10.0. The van der Waals surface area contributed by atoms with Crippen LogP contribution in [0.3, 0.4) is 0 Å². The highest BCUT2D eigenvalue weighted by atomic mass is 14.7. The van der Waals surface area contributed by atoms with E-state index in [1.807, 2.05) is 18.3 Å². The molecule has 1 aliphatic rings. The largest absolute Gasteiger partial charge is 0.398 e. The minimum Gasteiger partial charge on any atom is -0.398 e. The van der Waals surface area contributed by atoms with E-state index in [1.165, 1.54) is 27.3 Å². The third-order valence-corrected chi connectivity index (χ3v) is 3.74. The zero-order valence-corrected chi connectivity index (χ0v) is 9.40. The standard InChI is InChI=1S/C15H12N2/c16-13-6-5-12-14-9(3-4-11(13)14)8-10-2-1-7-17-15(10)12/h1-2,5-8H,3-4,16H2. The Morgan fingerprint density at radius 1 is 1.12 bits per heavy atom. The number of aryl methyl sites for hydroxylation is 2. The van der Waals surface area contributed by atoms with E-state index in [-0.39, 0.29) is 0 Å². The van der Waals surface area contributed by atoms with Gasteiger partial charge < -0.3 is 5.73 Å². The van der Waals surface area contributed by atoms with E-state index in [9.17, 15) is 0 Å². The Bertz CT molecular complexity index is 760. The highest BCUT2D eigenvalue weighted by molar-refractivity contribution is 6.10. The molecule has 0 bridgehead atoms. The van der Waals surface area contributed by atoms with Gasteiger partial charge in [-0.1, -0.05) is 12.1 Å². The molecule has 1 aromatic heterocycles. The summed E-state index contributed by atoms with van der Waals surface area (Å²) in [5.41, 5.74) is 10.8. The van der Waals surface area contributed by atoms with Crippen molar-refractivity contribution in [3.63, 3.8) is 0 Å². The maximum Gasteiger partial charge on any atom is 0.0780 e. The number of pyridine rings is 1. The number of hydrogen-bond acceptors (Lipinski definition) is 2. The van der Waals surface area contributed by atoms with Crippen LogP contribution in [0.25, 0.3) is 21.7 Å². The fraction of sp³-hybridized carbons (Fsp3) is 0.133. The molecule has 0 saturated heterocycles. The van der Waals surface area contributed by atoms with Gasteiger partial charge in [-0.05, 0) is 47.6 Å². The van der Waals surface area contributed by atoms with Crippen LogP contribution in [0, 0.1) is 0 Å². The van der Waals surface area contributed by atoms with Gasteiger partial charge in [-0.15, -0.1) is 0 Å². The van der Waals surface area contributed by atoms with Crippen LogP contribution < -0.4 is 5.73 Å². The van der Waals surface area contributed by atoms with Crippen molar-refractivity contribution in [3.05, 3.63) is 47.7 Å². The first-order chi connectivity index (χ1) is 8.34. The van der Waals surface area contributed by atoms with Gasteiger partial charge in [0.05, 0.1) is 5.52 Å². The van der Waals surface area contributed by atoms with E-state index >= 15 is 0 Å². The van der Waals surface area contributed by atoms with Gasteiger partial charge in [-0.25, -0.2) is 0 Å². The first-order valence-electron chi connectivity index (χ1n) is 5.92. The van der Waals surface area contributed by atoms with Crippen molar-refractivity contribution in [3.8, 4) is 0 Å². The molecule has 3 aromatic rings. The van der Waals surface area contributed by atoms with E-state index in [4.69, 9.17) is 5.73 Å². The zero-order valence-electron chi connectivity index (χ0n) is 9.40. The van der Waals surface area contributed by atoms with Crippen molar-refractivity contribution < 1.29 is 0 Å². The third-order valence-electron chi connectivity index (χ3n) is 3.74. The lowest BCUT2D eigenvalue weighted by molar-refractivity contribution is 1.03. The molecule has 82 valence electrons. The lowest BCUT2D eigenvalue weighted by Crippen LogP contribution is -1.92. The second-order valence-electron chi connectivity index (χ2n) is 4.67. The molecule has 1 heterocycles. The summed E-state index contributed by atoms with van der Waals surface area (Å²) < 4.78 is 0. The van der Waals surface area contributed by atoms with Crippen LogP contribution in [0.1, 0.15) is 11.1 Å². The Labute approximate surface area is 99.1 Å². The summed E-state index contributed by atoms with van der Waals surface area (Å²) in [6.07, 6.45) is 4.02.